The molecule has 1 unspecified atom stereocenters. The molecule has 2 N–H and O–H groups in total. The van der Waals surface area contributed by atoms with Crippen molar-refractivity contribution in [1.29, 1.82) is 0 Å². The molecule has 0 radical (unpaired) electrons. The van der Waals surface area contributed by atoms with Gasteiger partial charge in [0.15, 0.2) is 5.16 Å². The second kappa shape index (κ2) is 8.90. The number of hydrazine groups is 1. The Balaban J connectivity index is 1.85. The molecule has 9 heteroatoms. The van der Waals surface area contributed by atoms with Crippen LogP contribution in [0.3, 0.4) is 0 Å². The van der Waals surface area contributed by atoms with Gasteiger partial charge in [-0.2, -0.15) is 0 Å². The van der Waals surface area contributed by atoms with Crippen molar-refractivity contribution in [3.63, 3.8) is 0 Å². The largest absolute Gasteiger partial charge is 0.341 e. The van der Waals surface area contributed by atoms with Crippen LogP contribution in [0.25, 0.3) is 5.69 Å². The van der Waals surface area contributed by atoms with Gasteiger partial charge in [0.1, 0.15) is 0 Å². The van der Waals surface area contributed by atoms with E-state index in [-0.39, 0.29) is 11.8 Å². The van der Waals surface area contributed by atoms with Gasteiger partial charge < -0.3 is 4.90 Å². The van der Waals surface area contributed by atoms with Crippen molar-refractivity contribution in [2.75, 3.05) is 18.0 Å². The fourth-order valence-corrected chi connectivity index (χ4v) is 3.77. The molecule has 27 heavy (non-hydrogen) atoms. The molecular formula is C18H24N6O2S. The first kappa shape index (κ1) is 19.2. The van der Waals surface area contributed by atoms with Crippen molar-refractivity contribution >= 4 is 29.5 Å². The number of para-hydroxylation sites is 1. The number of hydrogen-bond donors (Lipinski definition) is 2. The highest BCUT2D eigenvalue weighted by molar-refractivity contribution is 8.00. The third kappa shape index (κ3) is 4.79. The van der Waals surface area contributed by atoms with Crippen LogP contribution in [0.1, 0.15) is 33.1 Å². The first-order valence-electron chi connectivity index (χ1n) is 9.05. The summed E-state index contributed by atoms with van der Waals surface area (Å²) in [6.07, 6.45) is 3.51. The summed E-state index contributed by atoms with van der Waals surface area (Å²) in [6, 6.07) is 9.91. The molecule has 2 heterocycles. The van der Waals surface area contributed by atoms with Gasteiger partial charge in [-0.15, -0.1) is 10.2 Å². The molecule has 144 valence electrons. The molecule has 2 amide bonds. The van der Waals surface area contributed by atoms with E-state index in [0.717, 1.165) is 37.6 Å². The second-order valence-corrected chi connectivity index (χ2v) is 7.74. The lowest BCUT2D eigenvalue weighted by atomic mass is 10.1. The topological polar surface area (TPSA) is 92.2 Å². The lowest BCUT2D eigenvalue weighted by Gasteiger charge is -2.28. The van der Waals surface area contributed by atoms with Crippen LogP contribution in [0, 0.1) is 0 Å². The smallest absolute Gasteiger partial charge is 0.251 e. The van der Waals surface area contributed by atoms with E-state index in [1.807, 2.05) is 34.9 Å². The van der Waals surface area contributed by atoms with Crippen LogP contribution < -0.4 is 15.8 Å². The number of hydrogen-bond acceptors (Lipinski definition) is 6. The number of nitrogens with one attached hydrogen (secondary N) is 2. The molecule has 0 spiro atoms. The lowest BCUT2D eigenvalue weighted by Crippen LogP contribution is -2.43. The zero-order chi connectivity index (χ0) is 19.2. The lowest BCUT2D eigenvalue weighted by molar-refractivity contribution is -0.127. The summed E-state index contributed by atoms with van der Waals surface area (Å²) in [7, 11) is 0. The van der Waals surface area contributed by atoms with Gasteiger partial charge in [0, 0.05) is 20.0 Å². The van der Waals surface area contributed by atoms with Crippen molar-refractivity contribution in [2.24, 2.45) is 0 Å². The number of rotatable bonds is 5. The Labute approximate surface area is 162 Å². The minimum Gasteiger partial charge on any atom is -0.341 e. The average molecular weight is 388 g/mol. The highest BCUT2D eigenvalue weighted by Gasteiger charge is 2.24. The summed E-state index contributed by atoms with van der Waals surface area (Å²) in [5.41, 5.74) is 5.68. The van der Waals surface area contributed by atoms with Crippen molar-refractivity contribution in [2.45, 2.75) is 43.5 Å². The third-order valence-corrected chi connectivity index (χ3v) is 5.33. The number of benzene rings is 1. The summed E-state index contributed by atoms with van der Waals surface area (Å²) < 4.78 is 2.00. The molecule has 2 aromatic rings. The highest BCUT2D eigenvalue weighted by Crippen LogP contribution is 2.30. The molecule has 1 aromatic carbocycles. The summed E-state index contributed by atoms with van der Waals surface area (Å²) in [5.74, 6) is 0.190. The van der Waals surface area contributed by atoms with Crippen LogP contribution in [0.15, 0.2) is 35.5 Å². The molecule has 1 aliphatic heterocycles. The van der Waals surface area contributed by atoms with E-state index in [9.17, 15) is 9.59 Å². The Hall–Kier alpha value is -2.55. The fraction of sp³-hybridized carbons (Fsp3) is 0.444. The maximum Gasteiger partial charge on any atom is 0.251 e. The second-order valence-electron chi connectivity index (χ2n) is 6.43. The third-order valence-electron chi connectivity index (χ3n) is 4.28. The molecule has 1 aliphatic rings. The van der Waals surface area contributed by atoms with E-state index in [1.54, 1.807) is 6.92 Å². The van der Waals surface area contributed by atoms with E-state index >= 15 is 0 Å². The molecule has 1 aromatic heterocycles. The number of piperidine rings is 1. The van der Waals surface area contributed by atoms with E-state index in [4.69, 9.17) is 0 Å². The molecule has 3 rings (SSSR count). The maximum absolute atomic E-state index is 12.2. The maximum atomic E-state index is 12.2. The van der Waals surface area contributed by atoms with Gasteiger partial charge in [-0.1, -0.05) is 30.0 Å². The molecule has 8 nitrogen and oxygen atoms in total. The van der Waals surface area contributed by atoms with Crippen LogP contribution in [0.2, 0.25) is 0 Å². The van der Waals surface area contributed by atoms with Crippen molar-refractivity contribution in [1.82, 2.24) is 25.6 Å². The number of aromatic nitrogens is 3. The summed E-state index contributed by atoms with van der Waals surface area (Å²) in [6.45, 7) is 5.02. The molecule has 0 saturated carbocycles. The minimum atomic E-state index is -0.447. The predicted molar refractivity (Wildman–Crippen MR) is 105 cm³/mol. The fourth-order valence-electron chi connectivity index (χ4n) is 2.90. The summed E-state index contributed by atoms with van der Waals surface area (Å²) >= 11 is 1.31. The SMILES string of the molecule is CC(=O)NNC(=O)C(C)Sc1nnc(N2CCCCC2)n1-c1ccccc1. The van der Waals surface area contributed by atoms with Crippen molar-refractivity contribution < 1.29 is 9.59 Å². The van der Waals surface area contributed by atoms with Gasteiger partial charge >= 0.3 is 0 Å². The number of amides is 2. The van der Waals surface area contributed by atoms with E-state index in [2.05, 4.69) is 25.9 Å². The van der Waals surface area contributed by atoms with Crippen molar-refractivity contribution in [3.8, 4) is 5.69 Å². The van der Waals surface area contributed by atoms with Gasteiger partial charge in [0.2, 0.25) is 11.9 Å². The quantitative estimate of drug-likeness (QED) is 0.600. The minimum absolute atomic E-state index is 0.294. The Morgan fingerprint density at radius 3 is 2.44 bits per heavy atom. The first-order valence-corrected chi connectivity index (χ1v) is 9.93. The summed E-state index contributed by atoms with van der Waals surface area (Å²) in [4.78, 5) is 25.4. The monoisotopic (exact) mass is 388 g/mol. The molecule has 1 fully saturated rings. The number of anilines is 1. The van der Waals surface area contributed by atoms with Crippen LogP contribution in [0.4, 0.5) is 5.95 Å². The van der Waals surface area contributed by atoms with Crippen LogP contribution >= 0.6 is 11.8 Å². The molecule has 1 atom stereocenters. The van der Waals surface area contributed by atoms with Crippen molar-refractivity contribution in [3.05, 3.63) is 30.3 Å². The van der Waals surface area contributed by atoms with Gasteiger partial charge in [-0.3, -0.25) is 25.0 Å². The number of nitrogens with zero attached hydrogens (tertiary/aromatic N) is 4. The van der Waals surface area contributed by atoms with E-state index < -0.39 is 5.25 Å². The molecule has 0 bridgehead atoms. The molecule has 1 saturated heterocycles. The first-order chi connectivity index (χ1) is 13.1. The normalized spacial score (nSPS) is 15.3. The van der Waals surface area contributed by atoms with Gasteiger partial charge in [-0.25, -0.2) is 0 Å². The Kier molecular flexibility index (Phi) is 6.33. The van der Waals surface area contributed by atoms with Gasteiger partial charge in [0.25, 0.3) is 5.91 Å². The zero-order valence-electron chi connectivity index (χ0n) is 15.5. The number of carbonyl (C=O) groups is 2. The van der Waals surface area contributed by atoms with E-state index in [1.165, 1.54) is 25.1 Å². The standard InChI is InChI=1S/C18H24N6O2S/c1-13(16(26)20-19-14(2)25)27-18-22-21-17(23-11-7-4-8-12-23)24(18)15-9-5-3-6-10-15/h3,5-6,9-10,13H,4,7-8,11-12H2,1-2H3,(H,19,25)(H,20,26). The average Bonchev–Trinajstić information content (AvgIpc) is 3.10. The van der Waals surface area contributed by atoms with Gasteiger partial charge in [-0.05, 0) is 38.3 Å². The number of carbonyl (C=O) groups excluding carboxylic acids is 2. The summed E-state index contributed by atoms with van der Waals surface area (Å²) in [5, 5.41) is 8.97. The van der Waals surface area contributed by atoms with Crippen LogP contribution in [-0.4, -0.2) is 44.9 Å². The van der Waals surface area contributed by atoms with Gasteiger partial charge in [0.05, 0.1) is 10.9 Å². The Bertz CT molecular complexity index is 788. The molecular weight excluding hydrogens is 364 g/mol. The Morgan fingerprint density at radius 2 is 1.78 bits per heavy atom. The van der Waals surface area contributed by atoms with E-state index in [0.29, 0.717) is 5.16 Å². The highest BCUT2D eigenvalue weighted by atomic mass is 32.2. The van der Waals surface area contributed by atoms with Crippen LogP contribution in [0.5, 0.6) is 0 Å². The zero-order valence-corrected chi connectivity index (χ0v) is 16.3. The van der Waals surface area contributed by atoms with Crippen LogP contribution in [-0.2, 0) is 9.59 Å². The number of thioether (sulfide) groups is 1. The molecule has 0 aliphatic carbocycles. The predicted octanol–water partition coefficient (Wildman–Crippen LogP) is 1.91. The Morgan fingerprint density at radius 1 is 1.07 bits per heavy atom.